The van der Waals surface area contributed by atoms with Gasteiger partial charge in [-0.2, -0.15) is 5.11 Å². The lowest BCUT2D eigenvalue weighted by molar-refractivity contribution is -0.393. The second-order valence-electron chi connectivity index (χ2n) is 9.45. The Hall–Kier alpha value is -5.71. The quantitative estimate of drug-likeness (QED) is 0.0741. The van der Waals surface area contributed by atoms with Gasteiger partial charge in [-0.1, -0.05) is 60.7 Å². The molecule has 0 amide bonds. The summed E-state index contributed by atoms with van der Waals surface area (Å²) < 4.78 is 11.7. The Labute approximate surface area is 239 Å². The van der Waals surface area contributed by atoms with Crippen molar-refractivity contribution in [2.75, 3.05) is 6.61 Å². The number of hydrogen-bond acceptors (Lipinski definition) is 9. The fraction of sp³-hybridized carbons (Fsp3) is 0.129. The molecule has 1 atom stereocenters. The Morgan fingerprint density at radius 2 is 1.60 bits per heavy atom. The van der Waals surface area contributed by atoms with Gasteiger partial charge in [-0.3, -0.25) is 20.2 Å². The molecule has 11 nitrogen and oxygen atoms in total. The first-order valence-corrected chi connectivity index (χ1v) is 12.9. The summed E-state index contributed by atoms with van der Waals surface area (Å²) in [6.45, 7) is 1.90. The van der Waals surface area contributed by atoms with Crippen LogP contribution in [0.3, 0.4) is 0 Å². The SMILES string of the molecule is Cc1c(Cc2ccccc2)c(=O)oc2cc(OCC(N=Nc3ccc([N+](=O)[O-])cc3[N+](=O)[O-])c3ccccc3)ccc12. The number of non-ortho nitro benzene ring substituents is 1. The molecule has 0 fully saturated rings. The smallest absolute Gasteiger partial charge is 0.340 e. The van der Waals surface area contributed by atoms with Crippen molar-refractivity contribution in [2.24, 2.45) is 10.2 Å². The maximum absolute atomic E-state index is 12.9. The molecule has 0 radical (unpaired) electrons. The van der Waals surface area contributed by atoms with E-state index in [0.717, 1.165) is 34.2 Å². The predicted octanol–water partition coefficient (Wildman–Crippen LogP) is 7.41. The predicted molar refractivity (Wildman–Crippen MR) is 155 cm³/mol. The fourth-order valence-corrected chi connectivity index (χ4v) is 4.50. The van der Waals surface area contributed by atoms with E-state index in [4.69, 9.17) is 9.15 Å². The zero-order valence-electron chi connectivity index (χ0n) is 22.4. The number of benzene rings is 4. The summed E-state index contributed by atoms with van der Waals surface area (Å²) in [5, 5.41) is 31.7. The molecule has 5 rings (SSSR count). The maximum atomic E-state index is 12.9. The first-order chi connectivity index (χ1) is 20.3. The van der Waals surface area contributed by atoms with Crippen LogP contribution in [0.4, 0.5) is 17.1 Å². The van der Waals surface area contributed by atoms with Crippen LogP contribution in [0.1, 0.15) is 28.3 Å². The molecule has 1 heterocycles. The molecule has 1 aromatic heterocycles. The first kappa shape index (κ1) is 27.8. The van der Waals surface area contributed by atoms with Crippen molar-refractivity contribution in [3.63, 3.8) is 0 Å². The Bertz CT molecular complexity index is 1860. The van der Waals surface area contributed by atoms with E-state index in [0.29, 0.717) is 23.3 Å². The number of fused-ring (bicyclic) bond motifs is 1. The molecular weight excluding hydrogens is 540 g/mol. The second-order valence-corrected chi connectivity index (χ2v) is 9.45. The van der Waals surface area contributed by atoms with E-state index in [2.05, 4.69) is 10.2 Å². The fourth-order valence-electron chi connectivity index (χ4n) is 4.50. The number of ether oxygens (including phenoxy) is 1. The molecule has 210 valence electrons. The third kappa shape index (κ3) is 6.20. The summed E-state index contributed by atoms with van der Waals surface area (Å²) in [5.41, 5.74) is 2.05. The number of azo groups is 1. The summed E-state index contributed by atoms with van der Waals surface area (Å²) in [5.74, 6) is 0.429. The molecule has 0 saturated heterocycles. The highest BCUT2D eigenvalue weighted by atomic mass is 16.6. The van der Waals surface area contributed by atoms with Crippen LogP contribution in [0, 0.1) is 27.2 Å². The highest BCUT2D eigenvalue weighted by molar-refractivity contribution is 5.82. The Morgan fingerprint density at radius 3 is 2.29 bits per heavy atom. The summed E-state index contributed by atoms with van der Waals surface area (Å²) >= 11 is 0. The highest BCUT2D eigenvalue weighted by Gasteiger charge is 2.21. The third-order valence-electron chi connectivity index (χ3n) is 6.75. The standard InChI is InChI=1S/C31H24N4O7/c1-20-25-14-13-24(18-30(25)42-31(36)26(20)16-21-8-4-2-5-9-21)41-19-28(22-10-6-3-7-11-22)33-32-27-15-12-23(34(37)38)17-29(27)35(39)40/h2-15,17-18,28H,16,19H2,1H3. The van der Waals surface area contributed by atoms with Gasteiger partial charge in [-0.15, -0.1) is 5.11 Å². The molecule has 0 N–H and O–H groups in total. The van der Waals surface area contributed by atoms with Crippen LogP contribution in [0.15, 0.2) is 117 Å². The van der Waals surface area contributed by atoms with E-state index in [-0.39, 0.29) is 12.3 Å². The lowest BCUT2D eigenvalue weighted by Gasteiger charge is -2.14. The number of aryl methyl sites for hydroxylation is 1. The van der Waals surface area contributed by atoms with Gasteiger partial charge in [0.1, 0.15) is 24.0 Å². The van der Waals surface area contributed by atoms with E-state index in [1.54, 1.807) is 12.1 Å². The minimum absolute atomic E-state index is 0.00903. The van der Waals surface area contributed by atoms with E-state index >= 15 is 0 Å². The van der Waals surface area contributed by atoms with Crippen molar-refractivity contribution >= 4 is 28.0 Å². The van der Waals surface area contributed by atoms with E-state index in [1.807, 2.05) is 73.7 Å². The first-order valence-electron chi connectivity index (χ1n) is 12.9. The lowest BCUT2D eigenvalue weighted by Crippen LogP contribution is -2.11. The maximum Gasteiger partial charge on any atom is 0.340 e. The number of rotatable bonds is 10. The largest absolute Gasteiger partial charge is 0.491 e. The van der Waals surface area contributed by atoms with Crippen LogP contribution >= 0.6 is 0 Å². The van der Waals surface area contributed by atoms with Crippen LogP contribution in [0.25, 0.3) is 11.0 Å². The average molecular weight is 565 g/mol. The summed E-state index contributed by atoms with van der Waals surface area (Å²) in [4.78, 5) is 34.0. The zero-order chi connectivity index (χ0) is 29.6. The van der Waals surface area contributed by atoms with Gasteiger partial charge in [0.15, 0.2) is 5.69 Å². The van der Waals surface area contributed by atoms with Crippen molar-refractivity contribution in [1.82, 2.24) is 0 Å². The molecule has 0 saturated carbocycles. The van der Waals surface area contributed by atoms with Gasteiger partial charge in [-0.05, 0) is 41.8 Å². The normalized spacial score (nSPS) is 11.9. The Morgan fingerprint density at radius 1 is 0.881 bits per heavy atom. The van der Waals surface area contributed by atoms with Gasteiger partial charge in [-0.25, -0.2) is 4.79 Å². The number of hydrogen-bond donors (Lipinski definition) is 0. The van der Waals surface area contributed by atoms with Gasteiger partial charge in [0, 0.05) is 29.5 Å². The highest BCUT2D eigenvalue weighted by Crippen LogP contribution is 2.33. The molecule has 0 aliphatic carbocycles. The van der Waals surface area contributed by atoms with Crippen LogP contribution in [0.5, 0.6) is 5.75 Å². The minimum atomic E-state index is -0.745. The van der Waals surface area contributed by atoms with Gasteiger partial charge in [0.25, 0.3) is 5.69 Å². The molecule has 5 aromatic rings. The van der Waals surface area contributed by atoms with Gasteiger partial charge < -0.3 is 9.15 Å². The molecule has 0 spiro atoms. The van der Waals surface area contributed by atoms with Gasteiger partial charge in [0.05, 0.1) is 15.9 Å². The molecule has 1 unspecified atom stereocenters. The zero-order valence-corrected chi connectivity index (χ0v) is 22.4. The summed E-state index contributed by atoms with van der Waals surface area (Å²) in [6, 6.07) is 26.5. The molecule has 42 heavy (non-hydrogen) atoms. The average Bonchev–Trinajstić information content (AvgIpc) is 3.00. The van der Waals surface area contributed by atoms with Gasteiger partial charge >= 0.3 is 11.3 Å². The summed E-state index contributed by atoms with van der Waals surface area (Å²) in [6.07, 6.45) is 0.458. The molecule has 0 bridgehead atoms. The van der Waals surface area contributed by atoms with Crippen molar-refractivity contribution in [3.05, 3.63) is 150 Å². The number of nitro groups is 2. The molecule has 0 aliphatic heterocycles. The van der Waals surface area contributed by atoms with Gasteiger partial charge in [0.2, 0.25) is 0 Å². The molecule has 4 aromatic carbocycles. The van der Waals surface area contributed by atoms with E-state index < -0.39 is 32.9 Å². The number of nitro benzene ring substituents is 2. The summed E-state index contributed by atoms with van der Waals surface area (Å²) in [7, 11) is 0. The van der Waals surface area contributed by atoms with Crippen molar-refractivity contribution < 1.29 is 19.0 Å². The third-order valence-corrected chi connectivity index (χ3v) is 6.75. The van der Waals surface area contributed by atoms with E-state index in [1.165, 1.54) is 6.07 Å². The molecule has 11 heteroatoms. The van der Waals surface area contributed by atoms with E-state index in [9.17, 15) is 25.0 Å². The lowest BCUT2D eigenvalue weighted by atomic mass is 10.00. The van der Waals surface area contributed by atoms with Crippen LogP contribution < -0.4 is 10.4 Å². The topological polar surface area (TPSA) is 150 Å². The van der Waals surface area contributed by atoms with Crippen molar-refractivity contribution in [3.8, 4) is 5.75 Å². The molecule has 0 aliphatic rings. The van der Waals surface area contributed by atoms with Crippen LogP contribution in [0.2, 0.25) is 0 Å². The van der Waals surface area contributed by atoms with Crippen LogP contribution in [-0.2, 0) is 6.42 Å². The number of nitrogens with zero attached hydrogens (tertiary/aromatic N) is 4. The van der Waals surface area contributed by atoms with Crippen molar-refractivity contribution in [1.29, 1.82) is 0 Å². The second kappa shape index (κ2) is 12.2. The monoisotopic (exact) mass is 564 g/mol. The molecular formula is C31H24N4O7. The Kier molecular flexibility index (Phi) is 8.10. The van der Waals surface area contributed by atoms with Crippen molar-refractivity contribution in [2.45, 2.75) is 19.4 Å². The minimum Gasteiger partial charge on any atom is -0.491 e. The Balaban J connectivity index is 1.40. The van der Waals surface area contributed by atoms with Crippen LogP contribution in [-0.4, -0.2) is 16.5 Å².